The molecule has 4 heteroatoms. The normalized spacial score (nSPS) is 29.0. The monoisotopic (exact) mass is 432 g/mol. The van der Waals surface area contributed by atoms with Crippen molar-refractivity contribution < 1.29 is 9.22 Å². The Kier molecular flexibility index (Phi) is 6.77. The molecule has 29 heavy (non-hydrogen) atoms. The van der Waals surface area contributed by atoms with Crippen molar-refractivity contribution in [2.75, 3.05) is 5.75 Å². The number of hydrogen-bond acceptors (Lipinski definition) is 3. The summed E-state index contributed by atoms with van der Waals surface area (Å²) in [7, 11) is -1.61. The molecule has 162 valence electrons. The van der Waals surface area contributed by atoms with Crippen molar-refractivity contribution in [2.24, 2.45) is 23.2 Å². The lowest BCUT2D eigenvalue weighted by molar-refractivity contribution is -0.129. The fourth-order valence-corrected chi connectivity index (χ4v) is 8.75. The van der Waals surface area contributed by atoms with Gasteiger partial charge in [0.25, 0.3) is 0 Å². The molecular formula is C25H40O2SSi. The van der Waals surface area contributed by atoms with Gasteiger partial charge in [0.15, 0.2) is 8.32 Å². The highest BCUT2D eigenvalue weighted by atomic mass is 32.2. The van der Waals surface area contributed by atoms with E-state index in [1.807, 2.05) is 11.8 Å². The van der Waals surface area contributed by atoms with Crippen LogP contribution in [0.4, 0.5) is 0 Å². The van der Waals surface area contributed by atoms with E-state index in [0.29, 0.717) is 23.5 Å². The van der Waals surface area contributed by atoms with Crippen LogP contribution >= 0.6 is 11.8 Å². The topological polar surface area (TPSA) is 26.3 Å². The fraction of sp³-hybridized carbons (Fsp3) is 0.720. The highest BCUT2D eigenvalue weighted by Crippen LogP contribution is 2.57. The fourth-order valence-electron chi connectivity index (χ4n) is 6.03. The number of rotatable bonds is 7. The van der Waals surface area contributed by atoms with Gasteiger partial charge in [-0.3, -0.25) is 4.79 Å². The molecule has 2 fully saturated rings. The molecule has 0 heterocycles. The van der Waals surface area contributed by atoms with Gasteiger partial charge in [-0.15, -0.1) is 11.8 Å². The minimum Gasteiger partial charge on any atom is -0.409 e. The Hall–Kier alpha value is -0.583. The summed E-state index contributed by atoms with van der Waals surface area (Å²) >= 11 is 1.97. The van der Waals surface area contributed by atoms with Crippen LogP contribution in [0.15, 0.2) is 29.2 Å². The van der Waals surface area contributed by atoms with Gasteiger partial charge in [0.2, 0.25) is 0 Å². The number of fused-ring (bicyclic) bond motifs is 1. The Labute approximate surface area is 183 Å². The summed E-state index contributed by atoms with van der Waals surface area (Å²) < 4.78 is 6.45. The summed E-state index contributed by atoms with van der Waals surface area (Å²) in [5, 5.41) is 0. The van der Waals surface area contributed by atoms with E-state index in [1.54, 1.807) is 0 Å². The van der Waals surface area contributed by atoms with Gasteiger partial charge in [-0.25, -0.2) is 0 Å². The first-order valence-corrected chi connectivity index (χ1v) is 15.8. The minimum absolute atomic E-state index is 0.240. The van der Waals surface area contributed by atoms with Gasteiger partial charge in [-0.2, -0.15) is 0 Å². The lowest BCUT2D eigenvalue weighted by Crippen LogP contribution is -2.39. The largest absolute Gasteiger partial charge is 0.409 e. The first-order chi connectivity index (χ1) is 13.4. The third kappa shape index (κ3) is 5.19. The summed E-state index contributed by atoms with van der Waals surface area (Å²) in [6.07, 6.45) is 5.49. The van der Waals surface area contributed by atoms with Crippen molar-refractivity contribution in [3.8, 4) is 0 Å². The molecule has 0 saturated heterocycles. The highest BCUT2D eigenvalue weighted by Gasteiger charge is 2.52. The molecule has 2 nitrogen and oxygen atoms in total. The Morgan fingerprint density at radius 3 is 2.69 bits per heavy atom. The SMILES string of the molecule is C[C@@H](CSc1cccc(C(C)(C)O[Si](C)(C)C)c1)[C@H]1CC[C@H]2C(=O)CCC[C@]12C. The van der Waals surface area contributed by atoms with E-state index in [9.17, 15) is 4.79 Å². The predicted octanol–water partition coefficient (Wildman–Crippen LogP) is 7.29. The maximum atomic E-state index is 12.4. The highest BCUT2D eigenvalue weighted by molar-refractivity contribution is 7.99. The van der Waals surface area contributed by atoms with Gasteiger partial charge in [0.05, 0.1) is 5.60 Å². The molecule has 0 unspecified atom stereocenters. The summed E-state index contributed by atoms with van der Waals surface area (Å²) in [4.78, 5) is 13.8. The molecule has 0 radical (unpaired) electrons. The molecule has 4 atom stereocenters. The summed E-state index contributed by atoms with van der Waals surface area (Å²) in [6.45, 7) is 16.0. The van der Waals surface area contributed by atoms with Crippen LogP contribution in [0.1, 0.15) is 65.4 Å². The van der Waals surface area contributed by atoms with E-state index < -0.39 is 8.32 Å². The quantitative estimate of drug-likeness (QED) is 0.334. The van der Waals surface area contributed by atoms with E-state index in [1.165, 1.54) is 23.3 Å². The van der Waals surface area contributed by atoms with E-state index in [0.717, 1.165) is 25.0 Å². The summed E-state index contributed by atoms with van der Waals surface area (Å²) in [5.74, 6) is 3.31. The number of ketones is 1. The molecule has 2 saturated carbocycles. The number of thioether (sulfide) groups is 1. The van der Waals surface area contributed by atoms with Gasteiger partial charge in [0, 0.05) is 23.0 Å². The number of carbonyl (C=O) groups excluding carboxylic acids is 1. The van der Waals surface area contributed by atoms with Crippen LogP contribution in [-0.2, 0) is 14.8 Å². The van der Waals surface area contributed by atoms with Crippen LogP contribution in [0.5, 0.6) is 0 Å². The average Bonchev–Trinajstić information content (AvgIpc) is 2.96. The standard InChI is InChI=1S/C25H40O2SSi/c1-18(21-13-14-22-23(26)12-9-15-25(21,22)4)17-28-20-11-8-10-19(16-20)24(2,3)27-29(5,6)7/h8,10-11,16,18,21-22H,9,12-15,17H2,1-7H3/t18-,21+,22-,25+/m0/s1. The number of hydrogen-bond donors (Lipinski definition) is 0. The second kappa shape index (κ2) is 8.51. The van der Waals surface area contributed by atoms with Crippen LogP contribution in [0, 0.1) is 23.2 Å². The van der Waals surface area contributed by atoms with E-state index >= 15 is 0 Å². The third-order valence-electron chi connectivity index (χ3n) is 7.23. The van der Waals surface area contributed by atoms with E-state index in [-0.39, 0.29) is 11.0 Å². The number of carbonyl (C=O) groups is 1. The lowest BCUT2D eigenvalue weighted by Gasteiger charge is -2.42. The van der Waals surface area contributed by atoms with Crippen molar-refractivity contribution in [3.63, 3.8) is 0 Å². The van der Waals surface area contributed by atoms with Gasteiger partial charge in [0.1, 0.15) is 5.78 Å². The smallest absolute Gasteiger partial charge is 0.184 e. The van der Waals surface area contributed by atoms with Crippen LogP contribution in [0.3, 0.4) is 0 Å². The Balaban J connectivity index is 1.65. The van der Waals surface area contributed by atoms with Crippen LogP contribution in [0.2, 0.25) is 19.6 Å². The zero-order valence-electron chi connectivity index (χ0n) is 19.5. The molecule has 1 aromatic rings. The van der Waals surface area contributed by atoms with E-state index in [4.69, 9.17) is 4.43 Å². The molecule has 3 rings (SSSR count). The van der Waals surface area contributed by atoms with Crippen molar-refractivity contribution in [2.45, 2.75) is 89.9 Å². The molecular weight excluding hydrogens is 392 g/mol. The van der Waals surface area contributed by atoms with Gasteiger partial charge >= 0.3 is 0 Å². The van der Waals surface area contributed by atoms with Gasteiger partial charge in [-0.05, 0) is 94.1 Å². The zero-order chi connectivity index (χ0) is 21.4. The second-order valence-corrected chi connectivity index (χ2v) is 16.6. The molecule has 0 aliphatic heterocycles. The second-order valence-electron chi connectivity index (χ2n) is 11.1. The van der Waals surface area contributed by atoms with Crippen molar-refractivity contribution in [1.29, 1.82) is 0 Å². The van der Waals surface area contributed by atoms with Crippen molar-refractivity contribution in [1.82, 2.24) is 0 Å². The lowest BCUT2D eigenvalue weighted by atomic mass is 9.62. The molecule has 0 bridgehead atoms. The number of benzene rings is 1. The minimum atomic E-state index is -1.61. The molecule has 1 aromatic carbocycles. The molecule has 2 aliphatic carbocycles. The Bertz CT molecular complexity index is 739. The molecule has 0 amide bonds. The van der Waals surface area contributed by atoms with Gasteiger partial charge < -0.3 is 4.43 Å². The maximum Gasteiger partial charge on any atom is 0.184 e. The van der Waals surface area contributed by atoms with Crippen molar-refractivity contribution in [3.05, 3.63) is 29.8 Å². The summed E-state index contributed by atoms with van der Waals surface area (Å²) in [6, 6.07) is 8.92. The van der Waals surface area contributed by atoms with Gasteiger partial charge in [-0.1, -0.05) is 26.0 Å². The molecule has 0 aromatic heterocycles. The Morgan fingerprint density at radius 2 is 2.00 bits per heavy atom. The molecule has 0 N–H and O–H groups in total. The third-order valence-corrected chi connectivity index (χ3v) is 9.63. The first kappa shape index (κ1) is 23.1. The van der Waals surface area contributed by atoms with Crippen LogP contribution in [0.25, 0.3) is 0 Å². The Morgan fingerprint density at radius 1 is 1.28 bits per heavy atom. The molecule has 0 spiro atoms. The van der Waals surface area contributed by atoms with Crippen molar-refractivity contribution >= 4 is 25.9 Å². The zero-order valence-corrected chi connectivity index (χ0v) is 21.3. The number of Topliss-reactive ketones (excluding diaryl/α,β-unsaturated/α-hetero) is 1. The first-order valence-electron chi connectivity index (χ1n) is 11.4. The van der Waals surface area contributed by atoms with Crippen LogP contribution in [-0.4, -0.2) is 19.9 Å². The maximum absolute atomic E-state index is 12.4. The predicted molar refractivity (Wildman–Crippen MR) is 127 cm³/mol. The molecule has 2 aliphatic rings. The van der Waals surface area contributed by atoms with E-state index in [2.05, 4.69) is 71.6 Å². The summed E-state index contributed by atoms with van der Waals surface area (Å²) in [5.41, 5.74) is 1.26. The van der Waals surface area contributed by atoms with Crippen LogP contribution < -0.4 is 0 Å². The average molecular weight is 433 g/mol.